The molecule has 0 spiro atoms. The quantitative estimate of drug-likeness (QED) is 0.261. The fraction of sp³-hybridized carbons (Fsp3) is 0.250. The topological polar surface area (TPSA) is 101 Å². The first-order valence-electron chi connectivity index (χ1n) is 4.28. The molecule has 0 aromatic heterocycles. The maximum atomic E-state index is 11.9. The summed E-state index contributed by atoms with van der Waals surface area (Å²) >= 11 is 0. The van der Waals surface area contributed by atoms with Gasteiger partial charge in [-0.15, -0.1) is 0 Å². The first kappa shape index (κ1) is 12.7. The zero-order chi connectivity index (χ0) is 12.8. The van der Waals surface area contributed by atoms with Gasteiger partial charge in [-0.25, -0.2) is 8.78 Å². The largest absolute Gasteiger partial charge is 0.487 e. The molecule has 0 N–H and O–H groups in total. The normalized spacial score (nSPS) is 9.82. The van der Waals surface area contributed by atoms with Crippen molar-refractivity contribution < 1.29 is 18.4 Å². The highest BCUT2D eigenvalue weighted by Gasteiger charge is 2.11. The molecule has 0 aliphatic carbocycles. The highest BCUT2D eigenvalue weighted by atomic mass is 19.3. The fourth-order valence-corrected chi connectivity index (χ4v) is 1.03. The van der Waals surface area contributed by atoms with Gasteiger partial charge in [0, 0.05) is 16.7 Å². The summed E-state index contributed by atoms with van der Waals surface area (Å²) in [5, 5.41) is 13.7. The first-order chi connectivity index (χ1) is 8.02. The van der Waals surface area contributed by atoms with E-state index in [1.165, 1.54) is 0 Å². The average Bonchev–Trinajstić information content (AvgIpc) is 2.26. The highest BCUT2D eigenvalue weighted by Crippen LogP contribution is 2.28. The van der Waals surface area contributed by atoms with E-state index in [0.29, 0.717) is 0 Å². The third kappa shape index (κ3) is 3.92. The molecule has 9 heteroatoms. The lowest BCUT2D eigenvalue weighted by atomic mass is 10.2. The molecule has 7 nitrogen and oxygen atoms in total. The van der Waals surface area contributed by atoms with Crippen molar-refractivity contribution in [2.75, 3.05) is 6.61 Å². The Morgan fingerprint density at radius 3 is 2.76 bits per heavy atom. The van der Waals surface area contributed by atoms with E-state index in [4.69, 9.17) is 5.53 Å². The van der Waals surface area contributed by atoms with Crippen molar-refractivity contribution in [1.29, 1.82) is 0 Å². The van der Waals surface area contributed by atoms with Crippen LogP contribution in [0.1, 0.15) is 0 Å². The van der Waals surface area contributed by atoms with Crippen LogP contribution in [0.15, 0.2) is 23.3 Å². The van der Waals surface area contributed by atoms with Gasteiger partial charge in [0.2, 0.25) is 0 Å². The summed E-state index contributed by atoms with van der Waals surface area (Å²) in [6, 6.07) is 3.11. The van der Waals surface area contributed by atoms with Crippen molar-refractivity contribution in [1.82, 2.24) is 0 Å². The predicted molar refractivity (Wildman–Crippen MR) is 53.4 cm³/mol. The molecular formula is C8H6F2N4O3. The number of nitro groups is 1. The van der Waals surface area contributed by atoms with Crippen LogP contribution in [-0.4, -0.2) is 18.0 Å². The van der Waals surface area contributed by atoms with Crippen LogP contribution in [-0.2, 0) is 0 Å². The van der Waals surface area contributed by atoms with Gasteiger partial charge in [-0.05, 0) is 11.6 Å². The Hall–Kier alpha value is -2.41. The lowest BCUT2D eigenvalue weighted by Gasteiger charge is -2.05. The van der Waals surface area contributed by atoms with E-state index in [2.05, 4.69) is 14.8 Å². The fourth-order valence-electron chi connectivity index (χ4n) is 1.03. The van der Waals surface area contributed by atoms with Gasteiger partial charge in [-0.2, -0.15) is 0 Å². The molecule has 0 amide bonds. The molecule has 0 fully saturated rings. The Morgan fingerprint density at radius 1 is 1.53 bits per heavy atom. The zero-order valence-electron chi connectivity index (χ0n) is 8.29. The minimum absolute atomic E-state index is 0.0778. The van der Waals surface area contributed by atoms with E-state index in [1.807, 2.05) is 0 Å². The number of nitro benzene ring substituents is 1. The number of ether oxygens (including phenoxy) is 1. The number of alkyl halides is 2. The van der Waals surface area contributed by atoms with Gasteiger partial charge in [0.25, 0.3) is 12.1 Å². The molecule has 0 atom stereocenters. The molecule has 0 unspecified atom stereocenters. The van der Waals surface area contributed by atoms with Crippen molar-refractivity contribution in [3.63, 3.8) is 0 Å². The van der Waals surface area contributed by atoms with Crippen molar-refractivity contribution in [2.24, 2.45) is 5.11 Å². The van der Waals surface area contributed by atoms with E-state index in [9.17, 15) is 18.9 Å². The number of nitrogens with zero attached hydrogens (tertiary/aromatic N) is 4. The van der Waals surface area contributed by atoms with Crippen LogP contribution in [0.4, 0.5) is 20.2 Å². The van der Waals surface area contributed by atoms with E-state index < -0.39 is 23.6 Å². The van der Waals surface area contributed by atoms with Gasteiger partial charge in [-0.1, -0.05) is 5.11 Å². The number of halogens is 2. The Morgan fingerprint density at radius 2 is 2.24 bits per heavy atom. The van der Waals surface area contributed by atoms with Gasteiger partial charge in [0.05, 0.1) is 11.0 Å². The summed E-state index contributed by atoms with van der Waals surface area (Å²) < 4.78 is 28.4. The predicted octanol–water partition coefficient (Wildman–Crippen LogP) is 3.18. The van der Waals surface area contributed by atoms with E-state index in [0.717, 1.165) is 18.2 Å². The van der Waals surface area contributed by atoms with E-state index in [1.54, 1.807) is 0 Å². The smallest absolute Gasteiger partial charge is 0.273 e. The number of non-ortho nitro benzene ring substituents is 1. The lowest BCUT2D eigenvalue weighted by Crippen LogP contribution is -2.07. The second kappa shape index (κ2) is 5.61. The Bertz CT molecular complexity index is 454. The molecule has 0 aliphatic rings. The summed E-state index contributed by atoms with van der Waals surface area (Å²) in [6.45, 7) is -0.892. The van der Waals surface area contributed by atoms with Gasteiger partial charge in [0.15, 0.2) is 0 Å². The number of azide groups is 1. The molecule has 0 radical (unpaired) electrons. The van der Waals surface area contributed by atoms with E-state index in [-0.39, 0.29) is 11.4 Å². The minimum Gasteiger partial charge on any atom is -0.487 e. The lowest BCUT2D eigenvalue weighted by molar-refractivity contribution is -0.384. The molecule has 1 rings (SSSR count). The van der Waals surface area contributed by atoms with Gasteiger partial charge >= 0.3 is 0 Å². The van der Waals surface area contributed by atoms with Crippen LogP contribution >= 0.6 is 0 Å². The molecule has 0 bridgehead atoms. The van der Waals surface area contributed by atoms with Crippen LogP contribution in [0.2, 0.25) is 0 Å². The zero-order valence-corrected chi connectivity index (χ0v) is 8.29. The van der Waals surface area contributed by atoms with Crippen molar-refractivity contribution in [2.45, 2.75) is 6.43 Å². The molecule has 0 saturated heterocycles. The standard InChI is InChI=1S/C8H6F2N4O3/c9-8(10)4-17-7-2-5(12-13-11)1-6(3-7)14(15)16/h1-3,8H,4H2. The van der Waals surface area contributed by atoms with Gasteiger partial charge in [-0.3, -0.25) is 10.1 Å². The first-order valence-corrected chi connectivity index (χ1v) is 4.28. The van der Waals surface area contributed by atoms with Gasteiger partial charge < -0.3 is 4.74 Å². The number of hydrogen-bond donors (Lipinski definition) is 0. The minimum atomic E-state index is -2.70. The Labute approximate surface area is 93.4 Å². The Kier molecular flexibility index (Phi) is 4.18. The number of hydrogen-bond acceptors (Lipinski definition) is 4. The molecule has 90 valence electrons. The molecular weight excluding hydrogens is 238 g/mol. The third-order valence-corrected chi connectivity index (χ3v) is 1.62. The maximum absolute atomic E-state index is 11.9. The number of benzene rings is 1. The monoisotopic (exact) mass is 244 g/mol. The highest BCUT2D eigenvalue weighted by molar-refractivity contribution is 5.52. The Balaban J connectivity index is 3.03. The van der Waals surface area contributed by atoms with Crippen molar-refractivity contribution in [3.8, 4) is 5.75 Å². The third-order valence-electron chi connectivity index (χ3n) is 1.62. The molecule has 0 saturated carbocycles. The number of rotatable bonds is 5. The van der Waals surface area contributed by atoms with E-state index >= 15 is 0 Å². The second-order valence-corrected chi connectivity index (χ2v) is 2.83. The molecule has 1 aromatic carbocycles. The summed E-state index contributed by atoms with van der Waals surface area (Å²) in [4.78, 5) is 12.2. The molecule has 17 heavy (non-hydrogen) atoms. The van der Waals surface area contributed by atoms with Crippen LogP contribution in [0.3, 0.4) is 0 Å². The maximum Gasteiger partial charge on any atom is 0.273 e. The van der Waals surface area contributed by atoms with Crippen molar-refractivity contribution in [3.05, 3.63) is 38.8 Å². The van der Waals surface area contributed by atoms with Crippen LogP contribution in [0.5, 0.6) is 5.75 Å². The van der Waals surface area contributed by atoms with Crippen molar-refractivity contribution >= 4 is 11.4 Å². The molecule has 0 heterocycles. The van der Waals surface area contributed by atoms with Crippen LogP contribution in [0.25, 0.3) is 10.4 Å². The summed E-state index contributed by atoms with van der Waals surface area (Å²) in [5.74, 6) is -0.151. The SMILES string of the molecule is [N-]=[N+]=Nc1cc(OCC(F)F)cc([N+](=O)[O-])c1. The molecule has 0 aliphatic heterocycles. The average molecular weight is 244 g/mol. The molecule has 1 aromatic rings. The van der Waals surface area contributed by atoms with Gasteiger partial charge in [0.1, 0.15) is 12.4 Å². The summed E-state index contributed by atoms with van der Waals surface area (Å²) in [5.41, 5.74) is 7.70. The summed E-state index contributed by atoms with van der Waals surface area (Å²) in [6.07, 6.45) is -2.70. The van der Waals surface area contributed by atoms with Crippen LogP contribution < -0.4 is 4.74 Å². The second-order valence-electron chi connectivity index (χ2n) is 2.83. The summed E-state index contributed by atoms with van der Waals surface area (Å²) in [7, 11) is 0. The van der Waals surface area contributed by atoms with Crippen LogP contribution in [0, 0.1) is 10.1 Å².